The molecular formula is CH4NRbReRf. The van der Waals surface area contributed by atoms with E-state index in [1.54, 1.807) is 0 Å². The largest absolute Gasteiger partial charge is 1.00 e. The van der Waals surface area contributed by atoms with Crippen molar-refractivity contribution in [3.8, 4) is 0 Å². The maximum Gasteiger partial charge on any atom is 1.00 e. The minimum absolute atomic E-state index is 0. The second kappa shape index (κ2) is 52.2. The van der Waals surface area contributed by atoms with Gasteiger partial charge in [-0.3, -0.25) is 0 Å². The molecule has 0 amide bonds. The van der Waals surface area contributed by atoms with Crippen molar-refractivity contribution in [1.29, 1.82) is 0 Å². The molecule has 1 radical (unpaired) electrons. The summed E-state index contributed by atoms with van der Waals surface area (Å²) in [6, 6.07) is 0. The van der Waals surface area contributed by atoms with Crippen molar-refractivity contribution >= 4 is 0 Å². The Morgan fingerprint density at radius 1 is 1.20 bits per heavy atom. The normalized spacial score (nSPS) is 1.20. The number of hydrogen-bond donors (Lipinski definition) is 0. The molecule has 0 unspecified atom stereocenters. The molecule has 5 heavy (non-hydrogen) atoms. The minimum atomic E-state index is 0. The van der Waals surface area contributed by atoms with Crippen LogP contribution in [0.25, 0.3) is 5.73 Å². The van der Waals surface area contributed by atoms with Gasteiger partial charge in [-0.2, -0.15) is 7.05 Å². The summed E-state index contributed by atoms with van der Waals surface area (Å²) in [7, 11) is 1.25. The molecule has 0 rings (SSSR count). The molecule has 0 aliphatic rings. The first kappa shape index (κ1) is 32.1. The van der Waals surface area contributed by atoms with Crippen LogP contribution in [0.1, 0.15) is 0 Å². The van der Waals surface area contributed by atoms with Crippen molar-refractivity contribution in [2.45, 2.75) is 0 Å². The van der Waals surface area contributed by atoms with E-state index in [0.29, 0.717) is 0 Å². The van der Waals surface area contributed by atoms with Gasteiger partial charge in [-0.25, -0.2) is 0 Å². The van der Waals surface area contributed by atoms with Crippen molar-refractivity contribution in [3.05, 3.63) is 5.73 Å². The van der Waals surface area contributed by atoms with Crippen LogP contribution in [0.5, 0.6) is 0 Å². The van der Waals surface area contributed by atoms with Crippen LogP contribution < -0.4 is 58.2 Å². The fourth-order valence-corrected chi connectivity index (χ4v) is 0. The predicted molar refractivity (Wildman–Crippen MR) is 10.2 cm³/mol. The molecule has 1 N–H and O–H groups in total. The quantitative estimate of drug-likeness (QED) is 0.313. The van der Waals surface area contributed by atoms with Gasteiger partial charge in [0.1, 0.15) is 0 Å². The maximum absolute atomic E-state index is 5.75. The van der Waals surface area contributed by atoms with Gasteiger partial charge in [-0.15, -0.1) is 0 Å². The number of hydrogen-bond acceptors (Lipinski definition) is 0. The van der Waals surface area contributed by atoms with E-state index in [1.807, 2.05) is 0 Å². The molecule has 23 valence electrons. The SMILES string of the molecule is C[NH-].[Rb+].[Re].[Rf]. The van der Waals surface area contributed by atoms with Gasteiger partial charge in [0.05, 0.1) is 0 Å². The average molecular weight is 569 g/mol. The zero-order valence-electron chi connectivity index (χ0n) is 3.59. The third kappa shape index (κ3) is 31.3. The topological polar surface area (TPSA) is 23.8 Å². The van der Waals surface area contributed by atoms with Crippen LogP contribution in [-0.4, -0.2) is 7.05 Å². The van der Waals surface area contributed by atoms with Gasteiger partial charge in [0, 0.05) is 20.4 Å². The fraction of sp³-hybridized carbons (Fsp3) is 1.00. The van der Waals surface area contributed by atoms with Gasteiger partial charge < -0.3 is 5.73 Å². The molecule has 4 heteroatoms. The van der Waals surface area contributed by atoms with E-state index in [9.17, 15) is 0 Å². The smallest absolute Gasteiger partial charge is 0.680 e. The molecule has 0 fully saturated rings. The number of nitrogens with one attached hydrogen (secondary N) is 1. The van der Waals surface area contributed by atoms with Crippen molar-refractivity contribution in [2.24, 2.45) is 0 Å². The van der Waals surface area contributed by atoms with Crippen LogP contribution in [0.15, 0.2) is 0 Å². The Balaban J connectivity index is -0.00000000167. The van der Waals surface area contributed by atoms with Gasteiger partial charge in [-0.05, 0) is 0 Å². The Morgan fingerprint density at radius 2 is 1.20 bits per heavy atom. The van der Waals surface area contributed by atoms with Gasteiger partial charge >= 0.3 is 58.2 Å². The molecule has 0 aliphatic carbocycles. The van der Waals surface area contributed by atoms with E-state index in [0.717, 1.165) is 0 Å². The molecular weight excluding hydrogens is 565 g/mol. The van der Waals surface area contributed by atoms with Crippen molar-refractivity contribution in [1.82, 2.24) is 0 Å². The molecule has 0 aromatic carbocycles. The van der Waals surface area contributed by atoms with E-state index in [-0.39, 0.29) is 78.6 Å². The standard InChI is InChI=1S/CH4N.Rb.Re.Rf/c1-2;;;/h2H,1H3;;;/q-1;+1;;. The molecule has 0 aromatic heterocycles. The van der Waals surface area contributed by atoms with Crippen molar-refractivity contribution < 1.29 is 78.6 Å². The summed E-state index contributed by atoms with van der Waals surface area (Å²) in [6.07, 6.45) is 0. The summed E-state index contributed by atoms with van der Waals surface area (Å²) in [5, 5.41) is 0. The van der Waals surface area contributed by atoms with Gasteiger partial charge in [0.15, 0.2) is 0 Å². The number of rotatable bonds is 0. The summed E-state index contributed by atoms with van der Waals surface area (Å²) in [5.74, 6) is 0. The van der Waals surface area contributed by atoms with Crippen LogP contribution in [0.2, 0.25) is 0 Å². The van der Waals surface area contributed by atoms with E-state index < -0.39 is 0 Å². The predicted octanol–water partition coefficient (Wildman–Crippen LogP) is -2.33. The molecule has 0 atom stereocenters. The van der Waals surface area contributed by atoms with Crippen LogP contribution in [0.3, 0.4) is 0 Å². The second-order valence-corrected chi connectivity index (χ2v) is 0. The summed E-state index contributed by atoms with van der Waals surface area (Å²) in [6.45, 7) is 0. The molecule has 0 heterocycles. The zero-order chi connectivity index (χ0) is 2.00. The zero-order valence-corrected chi connectivity index (χ0v) is 17.6. The third-order valence-corrected chi connectivity index (χ3v) is 0. The minimum Gasteiger partial charge on any atom is -0.680 e. The van der Waals surface area contributed by atoms with Gasteiger partial charge in [0.2, 0.25) is 0 Å². The van der Waals surface area contributed by atoms with Crippen molar-refractivity contribution in [2.75, 3.05) is 7.05 Å². The van der Waals surface area contributed by atoms with E-state index in [2.05, 4.69) is 0 Å². The van der Waals surface area contributed by atoms with Crippen molar-refractivity contribution in [3.63, 3.8) is 0 Å². The maximum atomic E-state index is 5.75. The Morgan fingerprint density at radius 3 is 1.20 bits per heavy atom. The molecule has 0 aromatic rings. The van der Waals surface area contributed by atoms with Crippen LogP contribution >= 0.6 is 0 Å². The van der Waals surface area contributed by atoms with Crippen LogP contribution in [0.4, 0.5) is 0 Å². The van der Waals surface area contributed by atoms with E-state index in [1.165, 1.54) is 7.05 Å². The molecule has 0 saturated carbocycles. The van der Waals surface area contributed by atoms with Crippen LogP contribution in [-0.2, 0) is 20.4 Å². The summed E-state index contributed by atoms with van der Waals surface area (Å²) < 4.78 is 0. The third-order valence-electron chi connectivity index (χ3n) is 0. The second-order valence-electron chi connectivity index (χ2n) is 0. The van der Waals surface area contributed by atoms with E-state index in [4.69, 9.17) is 5.73 Å². The first-order valence-electron chi connectivity index (χ1n) is 0.500. The molecule has 0 spiro atoms. The van der Waals surface area contributed by atoms with Crippen LogP contribution in [0, 0.1) is 0 Å². The van der Waals surface area contributed by atoms with E-state index >= 15 is 0 Å². The first-order valence-corrected chi connectivity index (χ1v) is 0.500. The Kier molecular flexibility index (Phi) is 336. The average Bonchev–Trinajstić information content (AvgIpc) is 1.00. The molecule has 0 bridgehead atoms. The Bertz CT molecular complexity index is 11.6. The summed E-state index contributed by atoms with van der Waals surface area (Å²) in [5.41, 5.74) is 5.75. The Labute approximate surface area is 89.2 Å². The first-order chi connectivity index (χ1) is 1.00. The molecule has 0 aliphatic heterocycles. The summed E-state index contributed by atoms with van der Waals surface area (Å²) >= 11 is 0. The monoisotopic (exact) mass is 569 g/mol. The molecule has 0 saturated heterocycles. The van der Waals surface area contributed by atoms with Gasteiger partial charge in [-0.1, -0.05) is 0 Å². The van der Waals surface area contributed by atoms with Gasteiger partial charge in [0.25, 0.3) is 0 Å². The Hall–Kier alpha value is 1.43. The fourth-order valence-electron chi connectivity index (χ4n) is 0. The summed E-state index contributed by atoms with van der Waals surface area (Å²) in [4.78, 5) is 0. The molecule has 1 nitrogen and oxygen atoms in total.